The van der Waals surface area contributed by atoms with Gasteiger partial charge in [-0.05, 0) is 29.7 Å². The highest BCUT2D eigenvalue weighted by molar-refractivity contribution is 5.74. The van der Waals surface area contributed by atoms with Crippen LogP contribution in [-0.2, 0) is 11.2 Å². The average Bonchev–Trinajstić information content (AvgIpc) is 2.38. The van der Waals surface area contributed by atoms with Crippen molar-refractivity contribution in [1.29, 1.82) is 0 Å². The molecular weight excluding hydrogens is 230 g/mol. The number of hydrogen-bond acceptors (Lipinski definition) is 4. The second-order valence-electron chi connectivity index (χ2n) is 3.94. The molecular formula is C13H13N3O2. The molecule has 18 heavy (non-hydrogen) atoms. The van der Waals surface area contributed by atoms with Crippen molar-refractivity contribution in [2.45, 2.75) is 12.8 Å². The summed E-state index contributed by atoms with van der Waals surface area (Å²) in [6.07, 6.45) is 5.47. The molecule has 3 N–H and O–H groups in total. The van der Waals surface area contributed by atoms with E-state index in [1.165, 1.54) is 6.33 Å². The van der Waals surface area contributed by atoms with Crippen LogP contribution in [0, 0.1) is 0 Å². The Morgan fingerprint density at radius 2 is 1.94 bits per heavy atom. The van der Waals surface area contributed by atoms with E-state index in [9.17, 15) is 9.90 Å². The fourth-order valence-corrected chi connectivity index (χ4v) is 1.67. The summed E-state index contributed by atoms with van der Waals surface area (Å²) in [6, 6.07) is 5.19. The van der Waals surface area contributed by atoms with Crippen LogP contribution in [0.15, 0.2) is 36.9 Å². The topological polar surface area (TPSA) is 89.1 Å². The molecule has 5 nitrogen and oxygen atoms in total. The van der Waals surface area contributed by atoms with E-state index in [-0.39, 0.29) is 18.1 Å². The number of rotatable bonds is 4. The van der Waals surface area contributed by atoms with E-state index in [1.807, 2.05) is 6.07 Å². The van der Waals surface area contributed by atoms with Crippen LogP contribution in [0.5, 0.6) is 5.75 Å². The molecule has 0 radical (unpaired) electrons. The van der Waals surface area contributed by atoms with E-state index in [2.05, 4.69) is 9.97 Å². The summed E-state index contributed by atoms with van der Waals surface area (Å²) < 4.78 is 0. The Kier molecular flexibility index (Phi) is 3.52. The SMILES string of the molecule is NC(=O)CCc1cc(-c2cncnc2)ccc1O. The molecule has 0 aliphatic carbocycles. The molecule has 0 fully saturated rings. The molecule has 2 rings (SSSR count). The Morgan fingerprint density at radius 3 is 2.61 bits per heavy atom. The Morgan fingerprint density at radius 1 is 1.22 bits per heavy atom. The van der Waals surface area contributed by atoms with E-state index in [0.717, 1.165) is 11.1 Å². The normalized spacial score (nSPS) is 10.2. The Balaban J connectivity index is 2.29. The molecule has 92 valence electrons. The highest BCUT2D eigenvalue weighted by atomic mass is 16.3. The van der Waals surface area contributed by atoms with Gasteiger partial charge in [0, 0.05) is 24.4 Å². The molecule has 0 bridgehead atoms. The number of amides is 1. The number of nitrogens with zero attached hydrogens (tertiary/aromatic N) is 2. The van der Waals surface area contributed by atoms with Crippen LogP contribution in [0.3, 0.4) is 0 Å². The summed E-state index contributed by atoms with van der Waals surface area (Å²) in [4.78, 5) is 18.6. The van der Waals surface area contributed by atoms with Crippen LogP contribution in [-0.4, -0.2) is 21.0 Å². The number of aromatic nitrogens is 2. The Hall–Kier alpha value is -2.43. The molecule has 2 aromatic rings. The van der Waals surface area contributed by atoms with Crippen LogP contribution in [0.2, 0.25) is 0 Å². The van der Waals surface area contributed by atoms with Crippen molar-refractivity contribution in [3.63, 3.8) is 0 Å². The zero-order valence-electron chi connectivity index (χ0n) is 9.71. The predicted octanol–water partition coefficient (Wildman–Crippen LogP) is 1.27. The molecule has 1 aromatic carbocycles. The third kappa shape index (κ3) is 2.82. The van der Waals surface area contributed by atoms with Gasteiger partial charge in [-0.1, -0.05) is 6.07 Å². The van der Waals surface area contributed by atoms with Crippen molar-refractivity contribution >= 4 is 5.91 Å². The van der Waals surface area contributed by atoms with Gasteiger partial charge < -0.3 is 10.8 Å². The third-order valence-electron chi connectivity index (χ3n) is 2.61. The fourth-order valence-electron chi connectivity index (χ4n) is 1.67. The quantitative estimate of drug-likeness (QED) is 0.846. The summed E-state index contributed by atoms with van der Waals surface area (Å²) in [6.45, 7) is 0. The van der Waals surface area contributed by atoms with Gasteiger partial charge in [-0.3, -0.25) is 4.79 Å². The van der Waals surface area contributed by atoms with Gasteiger partial charge in [-0.25, -0.2) is 9.97 Å². The molecule has 0 unspecified atom stereocenters. The lowest BCUT2D eigenvalue weighted by atomic mass is 10.0. The van der Waals surface area contributed by atoms with Crippen LogP contribution in [0.4, 0.5) is 0 Å². The van der Waals surface area contributed by atoms with Gasteiger partial charge in [0.1, 0.15) is 12.1 Å². The van der Waals surface area contributed by atoms with Crippen LogP contribution in [0.25, 0.3) is 11.1 Å². The minimum atomic E-state index is -0.386. The molecule has 5 heteroatoms. The summed E-state index contributed by atoms with van der Waals surface area (Å²) in [5.74, 6) is -0.223. The van der Waals surface area contributed by atoms with Crippen molar-refractivity contribution in [1.82, 2.24) is 9.97 Å². The zero-order chi connectivity index (χ0) is 13.0. The van der Waals surface area contributed by atoms with Crippen molar-refractivity contribution in [3.05, 3.63) is 42.5 Å². The first-order valence-electron chi connectivity index (χ1n) is 5.52. The lowest BCUT2D eigenvalue weighted by Crippen LogP contribution is -2.11. The molecule has 0 spiro atoms. The molecule has 1 amide bonds. The average molecular weight is 243 g/mol. The van der Waals surface area contributed by atoms with E-state index >= 15 is 0 Å². The van der Waals surface area contributed by atoms with Crippen molar-refractivity contribution in [2.75, 3.05) is 0 Å². The number of benzene rings is 1. The number of carbonyl (C=O) groups excluding carboxylic acids is 1. The van der Waals surface area contributed by atoms with Gasteiger partial charge in [-0.2, -0.15) is 0 Å². The van der Waals surface area contributed by atoms with Crippen molar-refractivity contribution in [3.8, 4) is 16.9 Å². The molecule has 0 atom stereocenters. The van der Waals surface area contributed by atoms with Gasteiger partial charge in [0.25, 0.3) is 0 Å². The smallest absolute Gasteiger partial charge is 0.217 e. The number of hydrogen-bond donors (Lipinski definition) is 2. The summed E-state index contributed by atoms with van der Waals surface area (Å²) in [5.41, 5.74) is 7.54. The number of phenols is 1. The van der Waals surface area contributed by atoms with E-state index < -0.39 is 0 Å². The van der Waals surface area contributed by atoms with Gasteiger partial charge >= 0.3 is 0 Å². The third-order valence-corrected chi connectivity index (χ3v) is 2.61. The standard InChI is InChI=1S/C13H13N3O2/c14-13(18)4-2-10-5-9(1-3-12(10)17)11-6-15-8-16-7-11/h1,3,5-8,17H,2,4H2,(H2,14,18). The minimum absolute atomic E-state index is 0.164. The van der Waals surface area contributed by atoms with Crippen LogP contribution < -0.4 is 5.73 Å². The first-order chi connectivity index (χ1) is 8.66. The first kappa shape index (κ1) is 12.0. The molecule has 1 heterocycles. The predicted molar refractivity (Wildman–Crippen MR) is 66.6 cm³/mol. The van der Waals surface area contributed by atoms with Gasteiger partial charge in [0.05, 0.1) is 0 Å². The summed E-state index contributed by atoms with van der Waals surface area (Å²) >= 11 is 0. The monoisotopic (exact) mass is 243 g/mol. The minimum Gasteiger partial charge on any atom is -0.508 e. The lowest BCUT2D eigenvalue weighted by molar-refractivity contribution is -0.117. The zero-order valence-corrected chi connectivity index (χ0v) is 9.71. The second kappa shape index (κ2) is 5.27. The summed E-state index contributed by atoms with van der Waals surface area (Å²) in [5, 5.41) is 9.71. The van der Waals surface area contributed by atoms with E-state index in [4.69, 9.17) is 5.73 Å². The fraction of sp³-hybridized carbons (Fsp3) is 0.154. The molecule has 0 aliphatic rings. The van der Waals surface area contributed by atoms with E-state index in [1.54, 1.807) is 24.5 Å². The van der Waals surface area contributed by atoms with Gasteiger partial charge in [0.15, 0.2) is 0 Å². The highest BCUT2D eigenvalue weighted by Crippen LogP contribution is 2.25. The lowest BCUT2D eigenvalue weighted by Gasteiger charge is -2.06. The number of aryl methyl sites for hydroxylation is 1. The maximum atomic E-state index is 10.8. The van der Waals surface area contributed by atoms with Crippen LogP contribution in [0.1, 0.15) is 12.0 Å². The summed E-state index contributed by atoms with van der Waals surface area (Å²) in [7, 11) is 0. The van der Waals surface area contributed by atoms with Crippen molar-refractivity contribution < 1.29 is 9.90 Å². The number of phenolic OH excluding ortho intramolecular Hbond substituents is 1. The molecule has 1 aromatic heterocycles. The van der Waals surface area contributed by atoms with E-state index in [0.29, 0.717) is 12.0 Å². The maximum Gasteiger partial charge on any atom is 0.217 e. The first-order valence-corrected chi connectivity index (χ1v) is 5.52. The van der Waals surface area contributed by atoms with Crippen LogP contribution >= 0.6 is 0 Å². The highest BCUT2D eigenvalue weighted by Gasteiger charge is 2.06. The number of nitrogens with two attached hydrogens (primary N) is 1. The van der Waals surface area contributed by atoms with Gasteiger partial charge in [-0.15, -0.1) is 0 Å². The Labute approximate surface area is 104 Å². The molecule has 0 saturated heterocycles. The number of aromatic hydroxyl groups is 1. The number of carbonyl (C=O) groups is 1. The largest absolute Gasteiger partial charge is 0.508 e. The number of primary amides is 1. The van der Waals surface area contributed by atoms with Gasteiger partial charge in [0.2, 0.25) is 5.91 Å². The molecule has 0 aliphatic heterocycles. The Bertz CT molecular complexity index is 555. The second-order valence-corrected chi connectivity index (χ2v) is 3.94. The maximum absolute atomic E-state index is 10.8. The molecule has 0 saturated carbocycles. The van der Waals surface area contributed by atoms with Crippen molar-refractivity contribution in [2.24, 2.45) is 5.73 Å².